The van der Waals surface area contributed by atoms with E-state index in [1.165, 1.54) is 0 Å². The van der Waals surface area contributed by atoms with E-state index in [4.69, 9.17) is 0 Å². The summed E-state index contributed by atoms with van der Waals surface area (Å²) in [5.74, 6) is 0.192. The van der Waals surface area contributed by atoms with Gasteiger partial charge in [0.15, 0.2) is 0 Å². The quantitative estimate of drug-likeness (QED) is 0.697. The summed E-state index contributed by atoms with van der Waals surface area (Å²) in [7, 11) is 0. The average Bonchev–Trinajstić information content (AvgIpc) is 2.49. The lowest BCUT2D eigenvalue weighted by Gasteiger charge is -2.33. The maximum Gasteiger partial charge on any atom is 0.234 e. The number of rotatable bonds is 3. The number of carbonyl (C=O) groups excluding carboxylic acids is 1. The molecule has 0 aromatic heterocycles. The summed E-state index contributed by atoms with van der Waals surface area (Å²) in [4.78, 5) is 14.2. The van der Waals surface area contributed by atoms with Crippen molar-refractivity contribution < 1.29 is 4.79 Å². The summed E-state index contributed by atoms with van der Waals surface area (Å²) in [6, 6.07) is 0.526. The van der Waals surface area contributed by atoms with Gasteiger partial charge in [0.2, 0.25) is 5.91 Å². The van der Waals surface area contributed by atoms with E-state index in [-0.39, 0.29) is 23.9 Å². The van der Waals surface area contributed by atoms with Gasteiger partial charge in [0.1, 0.15) is 0 Å². The molecule has 1 aliphatic carbocycles. The Bertz CT molecular complexity index is 292. The molecule has 1 rings (SSSR count). The highest BCUT2D eigenvalue weighted by Crippen LogP contribution is 2.23. The lowest BCUT2D eigenvalue weighted by molar-refractivity contribution is -0.136. The van der Waals surface area contributed by atoms with E-state index in [1.54, 1.807) is 0 Å². The van der Waals surface area contributed by atoms with Crippen LogP contribution in [0.25, 0.3) is 0 Å². The van der Waals surface area contributed by atoms with Gasteiger partial charge >= 0.3 is 0 Å². The van der Waals surface area contributed by atoms with Crippen molar-refractivity contribution in [3.8, 4) is 0 Å². The molecule has 2 nitrogen and oxygen atoms in total. The Morgan fingerprint density at radius 3 is 2.13 bits per heavy atom. The minimum atomic E-state index is -0.0326. The topological polar surface area (TPSA) is 20.3 Å². The second kappa shape index (κ2) is 4.65. The number of hydrogen-bond donors (Lipinski definition) is 0. The molecule has 1 atom stereocenters. The molecule has 0 fully saturated rings. The highest BCUT2D eigenvalue weighted by Gasteiger charge is 2.28. The standard InChI is InChI=1S/C13H21NO/c1-9(2)14(10(3)4)13(15)12-8-6-7-11(12)5/h6-10,12H,1-5H3. The van der Waals surface area contributed by atoms with Crippen LogP contribution < -0.4 is 0 Å². The Labute approximate surface area is 92.7 Å². The second-order valence-electron chi connectivity index (χ2n) is 4.71. The van der Waals surface area contributed by atoms with Gasteiger partial charge in [-0.3, -0.25) is 4.79 Å². The monoisotopic (exact) mass is 207 g/mol. The zero-order valence-corrected chi connectivity index (χ0v) is 10.3. The zero-order valence-electron chi connectivity index (χ0n) is 10.3. The highest BCUT2D eigenvalue weighted by atomic mass is 16.2. The minimum absolute atomic E-state index is 0.0326. The lowest BCUT2D eigenvalue weighted by Crippen LogP contribution is -2.44. The molecule has 15 heavy (non-hydrogen) atoms. The van der Waals surface area contributed by atoms with Crippen molar-refractivity contribution in [1.82, 2.24) is 4.90 Å². The van der Waals surface area contributed by atoms with Gasteiger partial charge < -0.3 is 4.90 Å². The molecule has 0 heterocycles. The number of hydrogen-bond acceptors (Lipinski definition) is 1. The van der Waals surface area contributed by atoms with E-state index in [0.29, 0.717) is 0 Å². The second-order valence-corrected chi connectivity index (χ2v) is 4.71. The molecule has 0 saturated heterocycles. The fraction of sp³-hybridized carbons (Fsp3) is 0.615. The highest BCUT2D eigenvalue weighted by molar-refractivity contribution is 5.84. The number of allylic oxidation sites excluding steroid dienone is 2. The van der Waals surface area contributed by atoms with Crippen LogP contribution in [0.1, 0.15) is 34.6 Å². The van der Waals surface area contributed by atoms with Crippen LogP contribution in [0.5, 0.6) is 0 Å². The zero-order chi connectivity index (χ0) is 11.6. The molecule has 2 heteroatoms. The molecule has 0 aliphatic heterocycles. The average molecular weight is 207 g/mol. The number of nitrogens with zero attached hydrogens (tertiary/aromatic N) is 1. The Balaban J connectivity index is 2.82. The SMILES string of the molecule is CC1=CC=CC1C(=O)N(C(C)C)C(C)C. The molecule has 0 bridgehead atoms. The molecule has 0 aromatic carbocycles. The first kappa shape index (κ1) is 12.0. The van der Waals surface area contributed by atoms with Crippen LogP contribution in [0.3, 0.4) is 0 Å². The lowest BCUT2D eigenvalue weighted by atomic mass is 10.0. The molecule has 0 radical (unpaired) electrons. The van der Waals surface area contributed by atoms with Crippen molar-refractivity contribution >= 4 is 5.91 Å². The van der Waals surface area contributed by atoms with E-state index in [0.717, 1.165) is 5.57 Å². The predicted molar refractivity (Wildman–Crippen MR) is 63.5 cm³/mol. The van der Waals surface area contributed by atoms with Crippen LogP contribution in [0.15, 0.2) is 23.8 Å². The normalized spacial score (nSPS) is 19.9. The molecule has 1 amide bonds. The summed E-state index contributed by atoms with van der Waals surface area (Å²) < 4.78 is 0. The molecular weight excluding hydrogens is 186 g/mol. The van der Waals surface area contributed by atoms with Crippen LogP contribution in [0.4, 0.5) is 0 Å². The van der Waals surface area contributed by atoms with Gasteiger partial charge in [-0.25, -0.2) is 0 Å². The maximum atomic E-state index is 12.3. The van der Waals surface area contributed by atoms with Gasteiger partial charge in [0.25, 0.3) is 0 Å². The Hall–Kier alpha value is -1.05. The molecule has 0 spiro atoms. The summed E-state index contributed by atoms with van der Waals surface area (Å²) >= 11 is 0. The van der Waals surface area contributed by atoms with Crippen molar-refractivity contribution in [3.63, 3.8) is 0 Å². The van der Waals surface area contributed by atoms with Crippen LogP contribution in [-0.4, -0.2) is 22.9 Å². The molecule has 0 N–H and O–H groups in total. The van der Waals surface area contributed by atoms with Crippen molar-refractivity contribution in [3.05, 3.63) is 23.8 Å². The van der Waals surface area contributed by atoms with E-state index in [9.17, 15) is 4.79 Å². The first-order valence-electron chi connectivity index (χ1n) is 5.62. The summed E-state index contributed by atoms with van der Waals surface area (Å²) in [5, 5.41) is 0. The number of carbonyl (C=O) groups is 1. The van der Waals surface area contributed by atoms with Gasteiger partial charge in [0.05, 0.1) is 5.92 Å². The molecule has 0 aromatic rings. The van der Waals surface area contributed by atoms with Crippen molar-refractivity contribution in [2.45, 2.75) is 46.7 Å². The summed E-state index contributed by atoms with van der Waals surface area (Å²) in [5.41, 5.74) is 1.14. The predicted octanol–water partition coefficient (Wildman–Crippen LogP) is 2.76. The fourth-order valence-electron chi connectivity index (χ4n) is 2.12. The van der Waals surface area contributed by atoms with Gasteiger partial charge in [-0.15, -0.1) is 0 Å². The first-order chi connectivity index (χ1) is 6.95. The summed E-state index contributed by atoms with van der Waals surface area (Å²) in [6.45, 7) is 10.3. The van der Waals surface area contributed by atoms with Crippen LogP contribution >= 0.6 is 0 Å². The van der Waals surface area contributed by atoms with Crippen LogP contribution in [-0.2, 0) is 4.79 Å². The smallest absolute Gasteiger partial charge is 0.234 e. The third-order valence-electron chi connectivity index (χ3n) is 2.79. The Morgan fingerprint density at radius 1 is 1.27 bits per heavy atom. The fourth-order valence-corrected chi connectivity index (χ4v) is 2.12. The Morgan fingerprint density at radius 2 is 1.80 bits per heavy atom. The van der Waals surface area contributed by atoms with Crippen molar-refractivity contribution in [2.24, 2.45) is 5.92 Å². The van der Waals surface area contributed by atoms with Crippen molar-refractivity contribution in [2.75, 3.05) is 0 Å². The van der Waals surface area contributed by atoms with Crippen molar-refractivity contribution in [1.29, 1.82) is 0 Å². The van der Waals surface area contributed by atoms with E-state index in [2.05, 4.69) is 27.7 Å². The molecule has 1 aliphatic rings. The van der Waals surface area contributed by atoms with Crippen LogP contribution in [0, 0.1) is 5.92 Å². The van der Waals surface area contributed by atoms with Gasteiger partial charge in [-0.05, 0) is 34.6 Å². The molecular formula is C13H21NO. The van der Waals surface area contributed by atoms with E-state index < -0.39 is 0 Å². The van der Waals surface area contributed by atoms with E-state index in [1.807, 2.05) is 30.1 Å². The van der Waals surface area contributed by atoms with Crippen LogP contribution in [0.2, 0.25) is 0 Å². The third kappa shape index (κ3) is 2.49. The van der Waals surface area contributed by atoms with Gasteiger partial charge in [-0.2, -0.15) is 0 Å². The van der Waals surface area contributed by atoms with Gasteiger partial charge in [0, 0.05) is 12.1 Å². The van der Waals surface area contributed by atoms with Gasteiger partial charge in [-0.1, -0.05) is 23.8 Å². The minimum Gasteiger partial charge on any atom is -0.337 e. The molecule has 0 saturated carbocycles. The molecule has 84 valence electrons. The Kier molecular flexibility index (Phi) is 3.72. The largest absolute Gasteiger partial charge is 0.337 e. The first-order valence-corrected chi connectivity index (χ1v) is 5.62. The number of amides is 1. The summed E-state index contributed by atoms with van der Waals surface area (Å²) in [6.07, 6.45) is 5.97. The van der Waals surface area contributed by atoms with E-state index >= 15 is 0 Å². The molecule has 1 unspecified atom stereocenters. The maximum absolute atomic E-state index is 12.3. The third-order valence-corrected chi connectivity index (χ3v) is 2.79.